The van der Waals surface area contributed by atoms with Crippen molar-refractivity contribution < 1.29 is 4.79 Å². The van der Waals surface area contributed by atoms with Gasteiger partial charge in [-0.1, -0.05) is 6.92 Å². The number of nitrogens with one attached hydrogen (secondary N) is 1. The number of amides is 1. The van der Waals surface area contributed by atoms with Gasteiger partial charge in [-0.3, -0.25) is 4.79 Å². The first-order chi connectivity index (χ1) is 8.31. The first-order valence-electron chi connectivity index (χ1n) is 6.50. The zero-order valence-corrected chi connectivity index (χ0v) is 11.8. The van der Waals surface area contributed by atoms with E-state index in [2.05, 4.69) is 17.1 Å². The predicted octanol–water partition coefficient (Wildman–Crippen LogP) is 2.04. The first-order valence-corrected chi connectivity index (χ1v) is 6.50. The number of nitriles is 1. The highest BCUT2D eigenvalue weighted by Crippen LogP contribution is 2.17. The van der Waals surface area contributed by atoms with Crippen LogP contribution in [0.3, 0.4) is 0 Å². The lowest BCUT2D eigenvalue weighted by atomic mass is 9.99. The van der Waals surface area contributed by atoms with E-state index >= 15 is 0 Å². The van der Waals surface area contributed by atoms with Crippen LogP contribution in [0.1, 0.15) is 40.5 Å². The summed E-state index contributed by atoms with van der Waals surface area (Å²) in [7, 11) is 0. The van der Waals surface area contributed by atoms with E-state index in [0.717, 1.165) is 31.8 Å². The molecule has 4 nitrogen and oxygen atoms in total. The molecule has 1 N–H and O–H groups in total. The number of nitrogens with zero attached hydrogens (tertiary/aromatic N) is 2. The molecule has 0 atom stereocenters. The molecule has 0 aromatic rings. The van der Waals surface area contributed by atoms with Crippen LogP contribution in [0.4, 0.5) is 0 Å². The van der Waals surface area contributed by atoms with Crippen LogP contribution in [-0.4, -0.2) is 29.4 Å². The summed E-state index contributed by atoms with van der Waals surface area (Å²) in [5, 5.41) is 11.9. The van der Waals surface area contributed by atoms with Crippen LogP contribution < -0.4 is 5.32 Å². The van der Waals surface area contributed by atoms with Crippen LogP contribution >= 0.6 is 0 Å². The summed E-state index contributed by atoms with van der Waals surface area (Å²) in [6.07, 6.45) is 3.94. The van der Waals surface area contributed by atoms with E-state index in [1.54, 1.807) is 6.20 Å². The molecule has 0 saturated carbocycles. The lowest BCUT2D eigenvalue weighted by Crippen LogP contribution is -2.41. The Bertz CT molecular complexity index is 365. The molecule has 1 amide bonds. The van der Waals surface area contributed by atoms with Crippen molar-refractivity contribution in [3.8, 4) is 6.07 Å². The van der Waals surface area contributed by atoms with E-state index in [4.69, 9.17) is 5.26 Å². The Kier molecular flexibility index (Phi) is 4.77. The Morgan fingerprint density at radius 3 is 2.39 bits per heavy atom. The molecule has 0 radical (unpaired) electrons. The van der Waals surface area contributed by atoms with Crippen molar-refractivity contribution in [2.45, 2.75) is 46.1 Å². The third kappa shape index (κ3) is 4.79. The monoisotopic (exact) mass is 249 g/mol. The summed E-state index contributed by atoms with van der Waals surface area (Å²) in [5.74, 6) is 0.451. The van der Waals surface area contributed by atoms with Gasteiger partial charge >= 0.3 is 0 Å². The van der Waals surface area contributed by atoms with Crippen LogP contribution in [-0.2, 0) is 4.79 Å². The van der Waals surface area contributed by atoms with E-state index < -0.39 is 0 Å². The van der Waals surface area contributed by atoms with Gasteiger partial charge in [0.05, 0.1) is 0 Å². The third-order valence-electron chi connectivity index (χ3n) is 2.98. The minimum absolute atomic E-state index is 0.194. The van der Waals surface area contributed by atoms with Crippen molar-refractivity contribution in [3.63, 3.8) is 0 Å². The van der Waals surface area contributed by atoms with Gasteiger partial charge in [0, 0.05) is 24.8 Å². The Labute approximate surface area is 110 Å². The van der Waals surface area contributed by atoms with E-state index in [9.17, 15) is 4.79 Å². The molecule has 1 heterocycles. The lowest BCUT2D eigenvalue weighted by Gasteiger charge is -2.29. The van der Waals surface area contributed by atoms with Crippen molar-refractivity contribution >= 4 is 5.91 Å². The molecule has 0 aliphatic carbocycles. The van der Waals surface area contributed by atoms with Gasteiger partial charge in [-0.2, -0.15) is 5.26 Å². The fraction of sp³-hybridized carbons (Fsp3) is 0.714. The average Bonchev–Trinajstić information content (AvgIpc) is 2.25. The van der Waals surface area contributed by atoms with Gasteiger partial charge in [-0.15, -0.1) is 0 Å². The van der Waals surface area contributed by atoms with Crippen molar-refractivity contribution in [2.75, 3.05) is 13.1 Å². The van der Waals surface area contributed by atoms with E-state index in [-0.39, 0.29) is 17.0 Å². The number of hydrogen-bond acceptors (Lipinski definition) is 3. The van der Waals surface area contributed by atoms with Crippen molar-refractivity contribution in [1.29, 1.82) is 5.26 Å². The fourth-order valence-corrected chi connectivity index (χ4v) is 1.89. The van der Waals surface area contributed by atoms with E-state index in [1.807, 2.05) is 26.8 Å². The summed E-state index contributed by atoms with van der Waals surface area (Å²) in [6.45, 7) is 9.80. The molecular formula is C14H23N3O. The van der Waals surface area contributed by atoms with Crippen LogP contribution in [0.2, 0.25) is 0 Å². The minimum atomic E-state index is -0.316. The molecule has 100 valence electrons. The highest BCUT2D eigenvalue weighted by Gasteiger charge is 2.19. The van der Waals surface area contributed by atoms with Gasteiger partial charge in [0.2, 0.25) is 0 Å². The zero-order valence-electron chi connectivity index (χ0n) is 11.8. The molecule has 18 heavy (non-hydrogen) atoms. The number of piperidine rings is 1. The van der Waals surface area contributed by atoms with Crippen LogP contribution in [0.15, 0.2) is 11.8 Å². The molecule has 1 fully saturated rings. The second-order valence-electron chi connectivity index (χ2n) is 6.08. The van der Waals surface area contributed by atoms with Crippen molar-refractivity contribution in [1.82, 2.24) is 10.2 Å². The largest absolute Gasteiger partial charge is 0.376 e. The topological polar surface area (TPSA) is 56.1 Å². The Morgan fingerprint density at radius 1 is 1.39 bits per heavy atom. The smallest absolute Gasteiger partial charge is 0.263 e. The number of likely N-dealkylation sites (tertiary alicyclic amines) is 1. The molecule has 0 unspecified atom stereocenters. The van der Waals surface area contributed by atoms with Crippen LogP contribution in [0, 0.1) is 17.2 Å². The first kappa shape index (κ1) is 14.6. The molecule has 0 aromatic carbocycles. The van der Waals surface area contributed by atoms with Gasteiger partial charge in [0.1, 0.15) is 11.6 Å². The summed E-state index contributed by atoms with van der Waals surface area (Å²) >= 11 is 0. The van der Waals surface area contributed by atoms with Gasteiger partial charge in [-0.25, -0.2) is 0 Å². The van der Waals surface area contributed by atoms with Gasteiger partial charge in [0.15, 0.2) is 0 Å². The quantitative estimate of drug-likeness (QED) is 0.602. The third-order valence-corrected chi connectivity index (χ3v) is 2.98. The predicted molar refractivity (Wildman–Crippen MR) is 71.6 cm³/mol. The summed E-state index contributed by atoms with van der Waals surface area (Å²) in [4.78, 5) is 14.0. The summed E-state index contributed by atoms with van der Waals surface area (Å²) in [5.41, 5.74) is -0.122. The van der Waals surface area contributed by atoms with E-state index in [1.165, 1.54) is 0 Å². The Morgan fingerprint density at radius 2 is 1.94 bits per heavy atom. The Balaban J connectivity index is 2.66. The van der Waals surface area contributed by atoms with Gasteiger partial charge in [0.25, 0.3) is 5.91 Å². The van der Waals surface area contributed by atoms with Crippen LogP contribution in [0.25, 0.3) is 0 Å². The summed E-state index contributed by atoms with van der Waals surface area (Å²) < 4.78 is 0. The molecule has 1 aliphatic rings. The number of rotatable bonds is 2. The maximum absolute atomic E-state index is 11.9. The van der Waals surface area contributed by atoms with Crippen molar-refractivity contribution in [2.24, 2.45) is 5.92 Å². The number of carbonyl (C=O) groups excluding carboxylic acids is 1. The molecule has 1 saturated heterocycles. The minimum Gasteiger partial charge on any atom is -0.376 e. The second-order valence-corrected chi connectivity index (χ2v) is 6.08. The van der Waals surface area contributed by atoms with Crippen molar-refractivity contribution in [3.05, 3.63) is 11.8 Å². The molecule has 4 heteroatoms. The molecule has 0 spiro atoms. The molecule has 0 bridgehead atoms. The number of hydrogen-bond donors (Lipinski definition) is 1. The maximum atomic E-state index is 11.9. The average molecular weight is 249 g/mol. The Hall–Kier alpha value is -1.50. The second kappa shape index (κ2) is 5.90. The standard InChI is InChI=1S/C14H23N3O/c1-11-5-7-17(8-6-11)10-12(9-15)13(18)16-14(2,3)4/h10-11H,5-8H2,1-4H3,(H,16,18)/b12-10-. The molecule has 1 rings (SSSR count). The number of carbonyl (C=O) groups is 1. The molecule has 0 aromatic heterocycles. The normalized spacial score (nSPS) is 18.4. The zero-order chi connectivity index (χ0) is 13.8. The molecule has 1 aliphatic heterocycles. The van der Waals surface area contributed by atoms with Gasteiger partial charge < -0.3 is 10.2 Å². The molecular weight excluding hydrogens is 226 g/mol. The highest BCUT2D eigenvalue weighted by atomic mass is 16.1. The maximum Gasteiger partial charge on any atom is 0.263 e. The SMILES string of the molecule is CC1CCN(/C=C(/C#N)C(=O)NC(C)(C)C)CC1. The lowest BCUT2D eigenvalue weighted by molar-refractivity contribution is -0.118. The van der Waals surface area contributed by atoms with E-state index in [0.29, 0.717) is 0 Å². The highest BCUT2D eigenvalue weighted by molar-refractivity contribution is 5.97. The van der Waals surface area contributed by atoms with Crippen LogP contribution in [0.5, 0.6) is 0 Å². The van der Waals surface area contributed by atoms with Gasteiger partial charge in [-0.05, 0) is 39.5 Å². The fourth-order valence-electron chi connectivity index (χ4n) is 1.89. The summed E-state index contributed by atoms with van der Waals surface area (Å²) in [6, 6.07) is 1.99.